The zero-order valence-electron chi connectivity index (χ0n) is 8.11. The third-order valence-corrected chi connectivity index (χ3v) is 2.82. The van der Waals surface area contributed by atoms with Crippen LogP contribution in [0, 0.1) is 5.82 Å². The highest BCUT2D eigenvalue weighted by Crippen LogP contribution is 2.24. The highest BCUT2D eigenvalue weighted by molar-refractivity contribution is 9.10. The normalized spacial score (nSPS) is 15.4. The maximum Gasteiger partial charge on any atom is 0.256 e. The van der Waals surface area contributed by atoms with E-state index in [1.54, 1.807) is 0 Å². The molecule has 0 saturated carbocycles. The second kappa shape index (κ2) is 4.53. The summed E-state index contributed by atoms with van der Waals surface area (Å²) in [5.41, 5.74) is 4.41. The van der Waals surface area contributed by atoms with Gasteiger partial charge in [0.25, 0.3) is 6.43 Å². The van der Waals surface area contributed by atoms with Crippen molar-refractivity contribution < 1.29 is 13.2 Å². The zero-order chi connectivity index (χ0) is 11.6. The van der Waals surface area contributed by atoms with Gasteiger partial charge in [0.2, 0.25) is 0 Å². The molecule has 0 bridgehead atoms. The lowest BCUT2D eigenvalue weighted by Gasteiger charge is -2.24. The first kappa shape index (κ1) is 12.5. The predicted molar refractivity (Wildman–Crippen MR) is 56.4 cm³/mol. The smallest absolute Gasteiger partial charge is 0.256 e. The van der Waals surface area contributed by atoms with Crippen molar-refractivity contribution in [1.29, 1.82) is 0 Å². The fraction of sp³-hybridized carbons (Fsp3) is 0.400. The van der Waals surface area contributed by atoms with Crippen molar-refractivity contribution in [3.63, 3.8) is 0 Å². The number of benzene rings is 1. The van der Waals surface area contributed by atoms with E-state index >= 15 is 0 Å². The summed E-state index contributed by atoms with van der Waals surface area (Å²) in [6.07, 6.45) is -2.62. The van der Waals surface area contributed by atoms with Gasteiger partial charge >= 0.3 is 0 Å². The van der Waals surface area contributed by atoms with E-state index in [2.05, 4.69) is 15.9 Å². The first-order valence-corrected chi connectivity index (χ1v) is 5.13. The van der Waals surface area contributed by atoms with Gasteiger partial charge in [0.1, 0.15) is 5.82 Å². The van der Waals surface area contributed by atoms with Crippen LogP contribution >= 0.6 is 15.9 Å². The molecular formula is C10H11BrF3N. The van der Waals surface area contributed by atoms with Crippen molar-refractivity contribution in [1.82, 2.24) is 0 Å². The maximum absolute atomic E-state index is 12.7. The summed E-state index contributed by atoms with van der Waals surface area (Å²) in [5.74, 6) is -0.415. The van der Waals surface area contributed by atoms with Gasteiger partial charge in [0.15, 0.2) is 0 Å². The van der Waals surface area contributed by atoms with Gasteiger partial charge in [-0.15, -0.1) is 0 Å². The van der Waals surface area contributed by atoms with Gasteiger partial charge in [-0.1, -0.05) is 22.0 Å². The van der Waals surface area contributed by atoms with Crippen LogP contribution in [0.2, 0.25) is 0 Å². The third kappa shape index (κ3) is 3.21. The molecule has 0 aliphatic rings. The molecule has 0 aromatic heterocycles. The Hall–Kier alpha value is -0.550. The maximum atomic E-state index is 12.7. The van der Waals surface area contributed by atoms with Gasteiger partial charge in [-0.2, -0.15) is 0 Å². The molecule has 5 heteroatoms. The topological polar surface area (TPSA) is 26.0 Å². The molecule has 0 heterocycles. The Bertz CT molecular complexity index is 353. The molecule has 15 heavy (non-hydrogen) atoms. The standard InChI is InChI=1S/C10H11BrF3N/c1-10(15,9(13)14)5-6-2-3-7(12)4-8(6)11/h2-4,9H,5,15H2,1H3. The highest BCUT2D eigenvalue weighted by atomic mass is 79.9. The average molecular weight is 282 g/mol. The minimum atomic E-state index is -2.62. The van der Waals surface area contributed by atoms with E-state index in [1.807, 2.05) is 0 Å². The predicted octanol–water partition coefficient (Wildman–Crippen LogP) is 3.11. The lowest BCUT2D eigenvalue weighted by molar-refractivity contribution is 0.0638. The minimum Gasteiger partial charge on any atom is -0.320 e. The number of alkyl halides is 2. The van der Waals surface area contributed by atoms with Gasteiger partial charge in [-0.25, -0.2) is 13.2 Å². The molecule has 0 aliphatic heterocycles. The van der Waals surface area contributed by atoms with Crippen molar-refractivity contribution in [3.05, 3.63) is 34.1 Å². The summed E-state index contributed by atoms with van der Waals surface area (Å²) >= 11 is 3.11. The minimum absolute atomic E-state index is 0.00840. The Morgan fingerprint density at radius 3 is 2.53 bits per heavy atom. The summed E-state index contributed by atoms with van der Waals surface area (Å²) in [6, 6.07) is 3.91. The molecule has 1 nitrogen and oxygen atoms in total. The Morgan fingerprint density at radius 1 is 1.47 bits per heavy atom. The Kier molecular flexibility index (Phi) is 3.78. The van der Waals surface area contributed by atoms with Crippen molar-refractivity contribution in [2.45, 2.75) is 25.3 Å². The molecule has 0 radical (unpaired) electrons. The second-order valence-electron chi connectivity index (χ2n) is 3.72. The monoisotopic (exact) mass is 281 g/mol. The molecule has 1 aromatic rings. The third-order valence-electron chi connectivity index (χ3n) is 2.08. The van der Waals surface area contributed by atoms with Crippen LogP contribution in [0.25, 0.3) is 0 Å². The van der Waals surface area contributed by atoms with Crippen LogP contribution in [0.4, 0.5) is 13.2 Å². The van der Waals surface area contributed by atoms with Crippen LogP contribution in [0.1, 0.15) is 12.5 Å². The van der Waals surface area contributed by atoms with Crippen molar-refractivity contribution in [2.24, 2.45) is 5.73 Å². The number of halogens is 4. The van der Waals surface area contributed by atoms with Crippen molar-refractivity contribution >= 4 is 15.9 Å². The van der Waals surface area contributed by atoms with E-state index in [0.717, 1.165) is 0 Å². The van der Waals surface area contributed by atoms with Crippen LogP contribution in [-0.4, -0.2) is 12.0 Å². The summed E-state index contributed by atoms with van der Waals surface area (Å²) in [6.45, 7) is 1.27. The fourth-order valence-corrected chi connectivity index (χ4v) is 1.64. The molecule has 0 spiro atoms. The van der Waals surface area contributed by atoms with E-state index in [0.29, 0.717) is 10.0 Å². The number of nitrogens with two attached hydrogens (primary N) is 1. The van der Waals surface area contributed by atoms with Crippen LogP contribution < -0.4 is 5.73 Å². The molecule has 0 amide bonds. The van der Waals surface area contributed by atoms with E-state index in [9.17, 15) is 13.2 Å². The van der Waals surface area contributed by atoms with E-state index in [-0.39, 0.29) is 6.42 Å². The van der Waals surface area contributed by atoms with Gasteiger partial charge < -0.3 is 5.73 Å². The zero-order valence-corrected chi connectivity index (χ0v) is 9.69. The first-order chi connectivity index (χ1) is 6.83. The highest BCUT2D eigenvalue weighted by Gasteiger charge is 2.30. The Morgan fingerprint density at radius 2 is 2.07 bits per heavy atom. The molecule has 1 aromatic carbocycles. The van der Waals surface area contributed by atoms with Gasteiger partial charge in [-0.05, 0) is 31.0 Å². The van der Waals surface area contributed by atoms with Crippen LogP contribution in [0.5, 0.6) is 0 Å². The molecule has 1 rings (SSSR count). The second-order valence-corrected chi connectivity index (χ2v) is 4.57. The van der Waals surface area contributed by atoms with Gasteiger partial charge in [0, 0.05) is 4.47 Å². The molecule has 1 atom stereocenters. The van der Waals surface area contributed by atoms with Crippen LogP contribution in [0.15, 0.2) is 22.7 Å². The lowest BCUT2D eigenvalue weighted by atomic mass is 9.94. The summed E-state index contributed by atoms with van der Waals surface area (Å²) < 4.78 is 38.2. The summed E-state index contributed by atoms with van der Waals surface area (Å²) in [5, 5.41) is 0. The number of rotatable bonds is 3. The van der Waals surface area contributed by atoms with E-state index < -0.39 is 17.8 Å². The lowest BCUT2D eigenvalue weighted by Crippen LogP contribution is -2.45. The largest absolute Gasteiger partial charge is 0.320 e. The molecule has 84 valence electrons. The number of hydrogen-bond acceptors (Lipinski definition) is 1. The van der Waals surface area contributed by atoms with E-state index in [1.165, 1.54) is 25.1 Å². The Labute approximate surface area is 94.6 Å². The Balaban J connectivity index is 2.90. The SMILES string of the molecule is CC(N)(Cc1ccc(F)cc1Br)C(F)F. The molecular weight excluding hydrogens is 271 g/mol. The molecule has 0 fully saturated rings. The summed E-state index contributed by atoms with van der Waals surface area (Å²) in [4.78, 5) is 0. The summed E-state index contributed by atoms with van der Waals surface area (Å²) in [7, 11) is 0. The van der Waals surface area contributed by atoms with E-state index in [4.69, 9.17) is 5.73 Å². The van der Waals surface area contributed by atoms with Crippen LogP contribution in [0.3, 0.4) is 0 Å². The average Bonchev–Trinajstić information content (AvgIpc) is 2.09. The molecule has 0 aliphatic carbocycles. The fourth-order valence-electron chi connectivity index (χ4n) is 1.15. The number of hydrogen-bond donors (Lipinski definition) is 1. The molecule has 0 saturated heterocycles. The van der Waals surface area contributed by atoms with Crippen molar-refractivity contribution in [3.8, 4) is 0 Å². The first-order valence-electron chi connectivity index (χ1n) is 4.34. The quantitative estimate of drug-likeness (QED) is 0.905. The van der Waals surface area contributed by atoms with Crippen molar-refractivity contribution in [2.75, 3.05) is 0 Å². The molecule has 1 unspecified atom stereocenters. The van der Waals surface area contributed by atoms with Gasteiger partial charge in [0.05, 0.1) is 5.54 Å². The van der Waals surface area contributed by atoms with Crippen LogP contribution in [-0.2, 0) is 6.42 Å². The molecule has 2 N–H and O–H groups in total. The van der Waals surface area contributed by atoms with Gasteiger partial charge in [-0.3, -0.25) is 0 Å².